The highest BCUT2D eigenvalue weighted by Crippen LogP contribution is 2.36. The number of allylic oxidation sites excluding steroid dienone is 1. The number of anilines is 1. The molecule has 0 spiro atoms. The maximum atomic E-state index is 12.9. The second kappa shape index (κ2) is 6.15. The van der Waals surface area contributed by atoms with Crippen LogP contribution >= 0.6 is 0 Å². The fourth-order valence-electron chi connectivity index (χ4n) is 3.21. The molecule has 0 saturated heterocycles. The third kappa shape index (κ3) is 2.56. The molecule has 2 aromatic carbocycles. The van der Waals surface area contributed by atoms with E-state index in [1.807, 2.05) is 84.5 Å². The Kier molecular flexibility index (Phi) is 3.81. The van der Waals surface area contributed by atoms with E-state index in [2.05, 4.69) is 0 Å². The van der Waals surface area contributed by atoms with Crippen LogP contribution in [0.15, 0.2) is 73.1 Å². The number of fused-ring (bicyclic) bond motifs is 1. The van der Waals surface area contributed by atoms with Crippen molar-refractivity contribution in [3.8, 4) is 5.69 Å². The largest absolute Gasteiger partial charge is 0.872 e. The van der Waals surface area contributed by atoms with Gasteiger partial charge >= 0.3 is 0 Å². The highest BCUT2D eigenvalue weighted by molar-refractivity contribution is 6.38. The van der Waals surface area contributed by atoms with E-state index in [4.69, 9.17) is 0 Å². The molecule has 0 radical (unpaired) electrons. The predicted molar refractivity (Wildman–Crippen MR) is 99.9 cm³/mol. The zero-order chi connectivity index (χ0) is 18.3. The number of hydrogen-bond donors (Lipinski definition) is 0. The number of carbonyl (C=O) groups is 1. The minimum absolute atomic E-state index is 0.202. The Bertz CT molecular complexity index is 1020. The van der Waals surface area contributed by atoms with Gasteiger partial charge in [-0.1, -0.05) is 24.0 Å². The van der Waals surface area contributed by atoms with Gasteiger partial charge in [0.1, 0.15) is 0 Å². The van der Waals surface area contributed by atoms with Crippen LogP contribution in [0.25, 0.3) is 17.0 Å². The monoisotopic (exact) mass is 342 g/mol. The van der Waals surface area contributed by atoms with E-state index in [1.54, 1.807) is 12.1 Å². The van der Waals surface area contributed by atoms with Gasteiger partial charge in [0.15, 0.2) is 18.2 Å². The summed E-state index contributed by atoms with van der Waals surface area (Å²) in [6, 6.07) is 18.7. The van der Waals surface area contributed by atoms with E-state index in [1.165, 1.54) is 0 Å². The molecule has 0 unspecified atom stereocenters. The number of ketones is 1. The van der Waals surface area contributed by atoms with E-state index in [0.717, 1.165) is 11.4 Å². The summed E-state index contributed by atoms with van der Waals surface area (Å²) in [6.45, 7) is 0. The fourth-order valence-corrected chi connectivity index (χ4v) is 3.21. The number of aromatic nitrogens is 1. The van der Waals surface area contributed by atoms with Crippen LogP contribution in [0.2, 0.25) is 0 Å². The van der Waals surface area contributed by atoms with Gasteiger partial charge < -0.3 is 10.0 Å². The summed E-state index contributed by atoms with van der Waals surface area (Å²) in [5.41, 5.74) is 3.73. The molecule has 26 heavy (non-hydrogen) atoms. The SMILES string of the molecule is CN(C)c1ccc(C2=C([O-])c3cc(-[n+]4ccccc4)ccc3C2=O)cc1. The smallest absolute Gasteiger partial charge is 0.211 e. The van der Waals surface area contributed by atoms with Crippen molar-refractivity contribution in [2.24, 2.45) is 0 Å². The van der Waals surface area contributed by atoms with Crippen molar-refractivity contribution in [1.82, 2.24) is 0 Å². The van der Waals surface area contributed by atoms with Gasteiger partial charge in [0.2, 0.25) is 5.69 Å². The summed E-state index contributed by atoms with van der Waals surface area (Å²) in [4.78, 5) is 14.8. The van der Waals surface area contributed by atoms with Crippen LogP contribution in [0.4, 0.5) is 5.69 Å². The first-order valence-electron chi connectivity index (χ1n) is 8.41. The Morgan fingerprint density at radius 3 is 2.23 bits per heavy atom. The van der Waals surface area contributed by atoms with E-state index in [0.29, 0.717) is 16.7 Å². The number of pyridine rings is 1. The van der Waals surface area contributed by atoms with Crippen LogP contribution in [0.3, 0.4) is 0 Å². The molecule has 4 heteroatoms. The maximum absolute atomic E-state index is 12.9. The number of rotatable bonds is 3. The van der Waals surface area contributed by atoms with E-state index in [-0.39, 0.29) is 17.1 Å². The van der Waals surface area contributed by atoms with Crippen molar-refractivity contribution < 1.29 is 14.5 Å². The molecule has 0 aliphatic heterocycles. The zero-order valence-corrected chi connectivity index (χ0v) is 14.6. The summed E-state index contributed by atoms with van der Waals surface area (Å²) in [7, 11) is 3.90. The molecule has 0 bridgehead atoms. The first kappa shape index (κ1) is 16.1. The second-order valence-electron chi connectivity index (χ2n) is 6.49. The van der Waals surface area contributed by atoms with Crippen molar-refractivity contribution in [2.45, 2.75) is 0 Å². The summed E-state index contributed by atoms with van der Waals surface area (Å²) in [5, 5.41) is 12.9. The van der Waals surface area contributed by atoms with Gasteiger partial charge in [0.05, 0.1) is 0 Å². The molecule has 4 rings (SSSR count). The number of carbonyl (C=O) groups excluding carboxylic acids is 1. The van der Waals surface area contributed by atoms with Crippen LogP contribution in [0, 0.1) is 0 Å². The molecule has 0 N–H and O–H groups in total. The van der Waals surface area contributed by atoms with Gasteiger partial charge in [0.25, 0.3) is 0 Å². The zero-order valence-electron chi connectivity index (χ0n) is 14.6. The lowest BCUT2D eigenvalue weighted by molar-refractivity contribution is -0.595. The number of benzene rings is 2. The van der Waals surface area contributed by atoms with Crippen LogP contribution < -0.4 is 14.6 Å². The Morgan fingerprint density at radius 2 is 1.58 bits per heavy atom. The summed E-state index contributed by atoms with van der Waals surface area (Å²) < 4.78 is 1.92. The van der Waals surface area contributed by atoms with E-state index >= 15 is 0 Å². The molecular formula is C22H18N2O2. The standard InChI is InChI=1S/C22H18N2O2/c1-23(2)16-8-6-15(7-9-16)20-21(25)18-11-10-17(14-19(18)22(20)26)24-12-4-3-5-13-24/h3-14H,1-2H3. The number of nitrogens with zero attached hydrogens (tertiary/aromatic N) is 2. The molecule has 128 valence electrons. The van der Waals surface area contributed by atoms with Gasteiger partial charge in [-0.25, -0.2) is 0 Å². The first-order chi connectivity index (χ1) is 12.6. The molecule has 1 aromatic heterocycles. The minimum atomic E-state index is -0.207. The molecule has 0 saturated carbocycles. The third-order valence-electron chi connectivity index (χ3n) is 4.63. The lowest BCUT2D eigenvalue weighted by Gasteiger charge is -2.15. The average molecular weight is 342 g/mol. The lowest BCUT2D eigenvalue weighted by Crippen LogP contribution is -2.29. The van der Waals surface area contributed by atoms with E-state index < -0.39 is 0 Å². The maximum Gasteiger partial charge on any atom is 0.211 e. The van der Waals surface area contributed by atoms with Crippen LogP contribution in [-0.4, -0.2) is 19.9 Å². The van der Waals surface area contributed by atoms with Crippen LogP contribution in [0.5, 0.6) is 0 Å². The van der Waals surface area contributed by atoms with Gasteiger partial charge in [-0.2, -0.15) is 4.57 Å². The van der Waals surface area contributed by atoms with Crippen molar-refractivity contribution in [3.63, 3.8) is 0 Å². The molecule has 0 fully saturated rings. The lowest BCUT2D eigenvalue weighted by atomic mass is 10.0. The minimum Gasteiger partial charge on any atom is -0.872 e. The second-order valence-corrected chi connectivity index (χ2v) is 6.49. The normalized spacial score (nSPS) is 13.1. The fraction of sp³-hybridized carbons (Fsp3) is 0.0909. The van der Waals surface area contributed by atoms with Gasteiger partial charge in [-0.3, -0.25) is 4.79 Å². The van der Waals surface area contributed by atoms with Crippen molar-refractivity contribution in [3.05, 3.63) is 89.7 Å². The molecule has 0 amide bonds. The number of hydrogen-bond acceptors (Lipinski definition) is 3. The molecular weight excluding hydrogens is 324 g/mol. The summed E-state index contributed by atoms with van der Waals surface area (Å²) in [5.74, 6) is -0.409. The van der Waals surface area contributed by atoms with Gasteiger partial charge in [-0.05, 0) is 29.3 Å². The molecule has 1 aliphatic rings. The van der Waals surface area contributed by atoms with Crippen LogP contribution in [0.1, 0.15) is 21.5 Å². The third-order valence-corrected chi connectivity index (χ3v) is 4.63. The van der Waals surface area contributed by atoms with Crippen LogP contribution in [-0.2, 0) is 0 Å². The topological polar surface area (TPSA) is 47.2 Å². The molecule has 4 nitrogen and oxygen atoms in total. The first-order valence-corrected chi connectivity index (χ1v) is 8.41. The molecule has 0 atom stereocenters. The summed E-state index contributed by atoms with van der Waals surface area (Å²) in [6.07, 6.45) is 3.82. The van der Waals surface area contributed by atoms with Crippen molar-refractivity contribution >= 4 is 22.8 Å². The molecule has 1 heterocycles. The highest BCUT2D eigenvalue weighted by atomic mass is 16.3. The van der Waals surface area contributed by atoms with E-state index in [9.17, 15) is 9.90 Å². The van der Waals surface area contributed by atoms with Gasteiger partial charge in [-0.15, -0.1) is 0 Å². The Morgan fingerprint density at radius 1 is 0.885 bits per heavy atom. The predicted octanol–water partition coefficient (Wildman–Crippen LogP) is 2.45. The Labute approximate surface area is 152 Å². The van der Waals surface area contributed by atoms with Crippen molar-refractivity contribution in [2.75, 3.05) is 19.0 Å². The molecule has 1 aliphatic carbocycles. The summed E-state index contributed by atoms with van der Waals surface area (Å²) >= 11 is 0. The quantitative estimate of drug-likeness (QED) is 0.687. The van der Waals surface area contributed by atoms with Gasteiger partial charge in [0, 0.05) is 55.2 Å². The number of Topliss-reactive ketones (excluding diaryl/α,β-unsaturated/α-hetero) is 1. The average Bonchev–Trinajstić information content (AvgIpc) is 2.93. The highest BCUT2D eigenvalue weighted by Gasteiger charge is 2.27. The Balaban J connectivity index is 1.78. The van der Waals surface area contributed by atoms with Crippen molar-refractivity contribution in [1.29, 1.82) is 0 Å². The molecule has 3 aromatic rings. The Hall–Kier alpha value is -3.40.